The Morgan fingerprint density at radius 1 is 1.29 bits per heavy atom. The average Bonchev–Trinajstić information content (AvgIpc) is 3.03. The maximum Gasteiger partial charge on any atom is 0.277 e. The van der Waals surface area contributed by atoms with Gasteiger partial charge in [0.25, 0.3) is 5.22 Å². The molecule has 0 bridgehead atoms. The molecule has 1 aromatic carbocycles. The minimum Gasteiger partial charge on any atom is -0.411 e. The van der Waals surface area contributed by atoms with E-state index in [1.165, 1.54) is 24.6 Å². The molecule has 1 heterocycles. The monoisotopic (exact) mass is 367 g/mol. The third-order valence-corrected chi connectivity index (χ3v) is 4.54. The summed E-state index contributed by atoms with van der Waals surface area (Å²) in [5.74, 6) is 0.665. The van der Waals surface area contributed by atoms with Crippen LogP contribution in [0.3, 0.4) is 0 Å². The average molecular weight is 368 g/mol. The standard InChI is InChI=1S/C17H22ClN3O2S/c1-3-4-5-6-12(2)19-15(22)11-24-17-21-20-16(23-17)13-7-9-14(18)10-8-13/h7-10,12H,3-6,11H2,1-2H3,(H,19,22). The molecule has 2 aromatic rings. The topological polar surface area (TPSA) is 68.0 Å². The molecule has 0 spiro atoms. The van der Waals surface area contributed by atoms with Crippen molar-refractivity contribution in [3.05, 3.63) is 29.3 Å². The first-order valence-electron chi connectivity index (χ1n) is 8.10. The van der Waals surface area contributed by atoms with Gasteiger partial charge in [-0.05, 0) is 37.6 Å². The molecule has 1 atom stereocenters. The molecule has 1 unspecified atom stereocenters. The molecular formula is C17H22ClN3O2S. The molecule has 1 amide bonds. The summed E-state index contributed by atoms with van der Waals surface area (Å²) in [5.41, 5.74) is 0.799. The number of carbonyl (C=O) groups excluding carboxylic acids is 1. The largest absolute Gasteiger partial charge is 0.411 e. The minimum absolute atomic E-state index is 0.0183. The van der Waals surface area contributed by atoms with Gasteiger partial charge in [0.05, 0.1) is 5.75 Å². The molecule has 0 aliphatic heterocycles. The molecule has 0 radical (unpaired) electrons. The lowest BCUT2D eigenvalue weighted by Crippen LogP contribution is -2.33. The first-order valence-corrected chi connectivity index (χ1v) is 9.46. The van der Waals surface area contributed by atoms with Gasteiger partial charge in [0.2, 0.25) is 11.8 Å². The highest BCUT2D eigenvalue weighted by Gasteiger charge is 2.12. The Balaban J connectivity index is 1.78. The number of hydrogen-bond donors (Lipinski definition) is 1. The number of rotatable bonds is 9. The van der Waals surface area contributed by atoms with E-state index in [-0.39, 0.29) is 17.7 Å². The van der Waals surface area contributed by atoms with Crippen LogP contribution < -0.4 is 5.32 Å². The summed E-state index contributed by atoms with van der Waals surface area (Å²) in [6.45, 7) is 4.20. The predicted molar refractivity (Wildman–Crippen MR) is 97.2 cm³/mol. The Hall–Kier alpha value is -1.53. The zero-order chi connectivity index (χ0) is 17.4. The number of amides is 1. The number of nitrogens with one attached hydrogen (secondary N) is 1. The van der Waals surface area contributed by atoms with Crippen molar-refractivity contribution in [1.29, 1.82) is 0 Å². The summed E-state index contributed by atoms with van der Waals surface area (Å²) in [5, 5.41) is 12.0. The third kappa shape index (κ3) is 6.17. The molecule has 1 aromatic heterocycles. The van der Waals surface area contributed by atoms with E-state index in [4.69, 9.17) is 16.0 Å². The second-order valence-corrected chi connectivity index (χ2v) is 7.00. The fourth-order valence-corrected chi connectivity index (χ4v) is 2.89. The molecular weight excluding hydrogens is 346 g/mol. The molecule has 130 valence electrons. The van der Waals surface area contributed by atoms with E-state index in [9.17, 15) is 4.79 Å². The molecule has 0 saturated carbocycles. The van der Waals surface area contributed by atoms with Crippen LogP contribution in [0.1, 0.15) is 39.5 Å². The highest BCUT2D eigenvalue weighted by molar-refractivity contribution is 7.99. The summed E-state index contributed by atoms with van der Waals surface area (Å²) >= 11 is 7.09. The van der Waals surface area contributed by atoms with E-state index in [2.05, 4.69) is 22.4 Å². The molecule has 0 saturated heterocycles. The highest BCUT2D eigenvalue weighted by Crippen LogP contribution is 2.24. The first kappa shape index (κ1) is 18.8. The van der Waals surface area contributed by atoms with Crippen molar-refractivity contribution in [3.8, 4) is 11.5 Å². The maximum atomic E-state index is 11.9. The van der Waals surface area contributed by atoms with Crippen molar-refractivity contribution >= 4 is 29.3 Å². The van der Waals surface area contributed by atoms with Gasteiger partial charge < -0.3 is 9.73 Å². The highest BCUT2D eigenvalue weighted by atomic mass is 35.5. The lowest BCUT2D eigenvalue weighted by atomic mass is 10.1. The second-order valence-electron chi connectivity index (χ2n) is 5.63. The van der Waals surface area contributed by atoms with E-state index < -0.39 is 0 Å². The number of hydrogen-bond acceptors (Lipinski definition) is 5. The Morgan fingerprint density at radius 3 is 2.75 bits per heavy atom. The smallest absolute Gasteiger partial charge is 0.277 e. The number of benzene rings is 1. The molecule has 24 heavy (non-hydrogen) atoms. The third-order valence-electron chi connectivity index (χ3n) is 3.47. The maximum absolute atomic E-state index is 11.9. The van der Waals surface area contributed by atoms with E-state index >= 15 is 0 Å². The Labute approximate surface area is 151 Å². The van der Waals surface area contributed by atoms with Crippen LogP contribution in [0.2, 0.25) is 5.02 Å². The van der Waals surface area contributed by atoms with Gasteiger partial charge in [-0.3, -0.25) is 4.79 Å². The molecule has 1 N–H and O–H groups in total. The summed E-state index contributed by atoms with van der Waals surface area (Å²) in [4.78, 5) is 11.9. The molecule has 0 aliphatic carbocycles. The lowest BCUT2D eigenvalue weighted by Gasteiger charge is -2.12. The molecule has 5 nitrogen and oxygen atoms in total. The van der Waals surface area contributed by atoms with Gasteiger partial charge in [-0.2, -0.15) is 0 Å². The zero-order valence-electron chi connectivity index (χ0n) is 13.9. The minimum atomic E-state index is -0.0183. The van der Waals surface area contributed by atoms with Gasteiger partial charge in [-0.15, -0.1) is 10.2 Å². The van der Waals surface area contributed by atoms with Crippen LogP contribution in [0.25, 0.3) is 11.5 Å². The van der Waals surface area contributed by atoms with E-state index in [0.717, 1.165) is 18.4 Å². The van der Waals surface area contributed by atoms with Crippen LogP contribution in [0.15, 0.2) is 33.9 Å². The van der Waals surface area contributed by atoms with Crippen molar-refractivity contribution in [2.24, 2.45) is 0 Å². The van der Waals surface area contributed by atoms with Crippen molar-refractivity contribution < 1.29 is 9.21 Å². The molecule has 7 heteroatoms. The van der Waals surface area contributed by atoms with Crippen LogP contribution in [-0.4, -0.2) is 27.9 Å². The van der Waals surface area contributed by atoms with Gasteiger partial charge in [0, 0.05) is 16.6 Å². The Kier molecular flexibility index (Phi) is 7.59. The lowest BCUT2D eigenvalue weighted by molar-refractivity contribution is -0.119. The van der Waals surface area contributed by atoms with Crippen LogP contribution in [0.5, 0.6) is 0 Å². The summed E-state index contributed by atoms with van der Waals surface area (Å²) in [6.07, 6.45) is 4.53. The summed E-state index contributed by atoms with van der Waals surface area (Å²) < 4.78 is 5.56. The number of nitrogens with zero attached hydrogens (tertiary/aromatic N) is 2. The molecule has 2 rings (SSSR count). The van der Waals surface area contributed by atoms with Crippen molar-refractivity contribution in [2.45, 2.75) is 50.8 Å². The second kappa shape index (κ2) is 9.69. The van der Waals surface area contributed by atoms with Gasteiger partial charge in [0.15, 0.2) is 0 Å². The number of halogens is 1. The first-order chi connectivity index (χ1) is 11.6. The number of carbonyl (C=O) groups is 1. The number of thioether (sulfide) groups is 1. The normalized spacial score (nSPS) is 12.1. The van der Waals surface area contributed by atoms with Crippen LogP contribution in [-0.2, 0) is 4.79 Å². The van der Waals surface area contributed by atoms with Crippen LogP contribution in [0, 0.1) is 0 Å². The van der Waals surface area contributed by atoms with Crippen LogP contribution >= 0.6 is 23.4 Å². The van der Waals surface area contributed by atoms with E-state index in [1.54, 1.807) is 12.1 Å². The van der Waals surface area contributed by atoms with Crippen molar-refractivity contribution in [1.82, 2.24) is 15.5 Å². The molecule has 0 aliphatic rings. The summed E-state index contributed by atoms with van der Waals surface area (Å²) in [7, 11) is 0. The fourth-order valence-electron chi connectivity index (χ4n) is 2.19. The Morgan fingerprint density at radius 2 is 2.04 bits per heavy atom. The van der Waals surface area contributed by atoms with Crippen molar-refractivity contribution in [2.75, 3.05) is 5.75 Å². The van der Waals surface area contributed by atoms with E-state index in [0.29, 0.717) is 16.1 Å². The van der Waals surface area contributed by atoms with Gasteiger partial charge in [-0.1, -0.05) is 49.5 Å². The van der Waals surface area contributed by atoms with Crippen molar-refractivity contribution in [3.63, 3.8) is 0 Å². The summed E-state index contributed by atoms with van der Waals surface area (Å²) in [6, 6.07) is 7.35. The SMILES string of the molecule is CCCCCC(C)NC(=O)CSc1nnc(-c2ccc(Cl)cc2)o1. The quantitative estimate of drug-likeness (QED) is 0.519. The zero-order valence-corrected chi connectivity index (χ0v) is 15.5. The van der Waals surface area contributed by atoms with Crippen LogP contribution in [0.4, 0.5) is 0 Å². The van der Waals surface area contributed by atoms with Gasteiger partial charge in [0.1, 0.15) is 0 Å². The Bertz CT molecular complexity index is 646. The van der Waals surface area contributed by atoms with E-state index in [1.807, 2.05) is 19.1 Å². The predicted octanol–water partition coefficient (Wildman–Crippen LogP) is 4.57. The molecule has 0 fully saturated rings. The fraction of sp³-hybridized carbons (Fsp3) is 0.471. The number of aromatic nitrogens is 2. The number of unbranched alkanes of at least 4 members (excludes halogenated alkanes) is 2. The van der Waals surface area contributed by atoms with Gasteiger partial charge in [-0.25, -0.2) is 0 Å². The van der Waals surface area contributed by atoms with Gasteiger partial charge >= 0.3 is 0 Å².